The molecule has 0 saturated carbocycles. The fourth-order valence-corrected chi connectivity index (χ4v) is 2.75. The Balaban J connectivity index is 0.00000289. The number of nitrogens with two attached hydrogens (primary N) is 1. The average Bonchev–Trinajstić information content (AvgIpc) is 2.21. The van der Waals surface area contributed by atoms with Crippen molar-refractivity contribution in [2.45, 2.75) is 24.3 Å². The largest absolute Gasteiger partial charge is 0.328 e. The van der Waals surface area contributed by atoms with Crippen LogP contribution in [0.2, 0.25) is 0 Å². The molecule has 0 fully saturated rings. The van der Waals surface area contributed by atoms with Crippen molar-refractivity contribution >= 4 is 38.4 Å². The van der Waals surface area contributed by atoms with Crippen LogP contribution in [0.5, 0.6) is 0 Å². The van der Waals surface area contributed by atoms with Gasteiger partial charge in [0.1, 0.15) is 5.82 Å². The van der Waals surface area contributed by atoms with Crippen LogP contribution in [0.15, 0.2) is 27.6 Å². The van der Waals surface area contributed by atoms with Gasteiger partial charge in [0.2, 0.25) is 10.0 Å². The molecule has 1 unspecified atom stereocenters. The molecule has 1 rings (SSSR count). The van der Waals surface area contributed by atoms with Crippen molar-refractivity contribution in [1.29, 1.82) is 0 Å². The minimum atomic E-state index is -3.60. The molecule has 0 aliphatic carbocycles. The normalized spacial score (nSPS) is 12.9. The van der Waals surface area contributed by atoms with Crippen LogP contribution in [-0.2, 0) is 10.0 Å². The Labute approximate surface area is 121 Å². The summed E-state index contributed by atoms with van der Waals surface area (Å²) in [6, 6.07) is 3.47. The van der Waals surface area contributed by atoms with E-state index in [1.54, 1.807) is 6.92 Å². The molecule has 104 valence electrons. The van der Waals surface area contributed by atoms with Crippen LogP contribution in [0.4, 0.5) is 4.39 Å². The molecule has 1 aromatic carbocycles. The fourth-order valence-electron chi connectivity index (χ4n) is 1.15. The lowest BCUT2D eigenvalue weighted by Gasteiger charge is -2.08. The molecular formula is C10H15BrClFN2O2S. The zero-order valence-electron chi connectivity index (χ0n) is 9.69. The Morgan fingerprint density at radius 1 is 1.50 bits per heavy atom. The smallest absolute Gasteiger partial charge is 0.240 e. The van der Waals surface area contributed by atoms with E-state index in [0.29, 0.717) is 6.42 Å². The van der Waals surface area contributed by atoms with Gasteiger partial charge < -0.3 is 5.73 Å². The minimum absolute atomic E-state index is 0. The van der Waals surface area contributed by atoms with Gasteiger partial charge in [-0.1, -0.05) is 0 Å². The van der Waals surface area contributed by atoms with E-state index >= 15 is 0 Å². The number of sulfonamides is 1. The van der Waals surface area contributed by atoms with Gasteiger partial charge in [-0.3, -0.25) is 0 Å². The van der Waals surface area contributed by atoms with E-state index in [1.165, 1.54) is 12.1 Å². The Morgan fingerprint density at radius 2 is 2.11 bits per heavy atom. The van der Waals surface area contributed by atoms with Gasteiger partial charge in [-0.25, -0.2) is 17.5 Å². The molecule has 0 aromatic heterocycles. The lowest BCUT2D eigenvalue weighted by Crippen LogP contribution is -2.29. The molecule has 0 aliphatic rings. The van der Waals surface area contributed by atoms with E-state index in [2.05, 4.69) is 20.7 Å². The topological polar surface area (TPSA) is 72.2 Å². The van der Waals surface area contributed by atoms with Crippen LogP contribution in [0, 0.1) is 5.82 Å². The second-order valence-electron chi connectivity index (χ2n) is 3.74. The molecule has 3 N–H and O–H groups in total. The number of hydrogen-bond acceptors (Lipinski definition) is 3. The molecule has 0 radical (unpaired) electrons. The van der Waals surface area contributed by atoms with Crippen LogP contribution >= 0.6 is 28.3 Å². The Morgan fingerprint density at radius 3 is 2.61 bits per heavy atom. The van der Waals surface area contributed by atoms with Gasteiger partial charge in [-0.2, -0.15) is 0 Å². The highest BCUT2D eigenvalue weighted by atomic mass is 79.9. The summed E-state index contributed by atoms with van der Waals surface area (Å²) >= 11 is 2.94. The molecule has 4 nitrogen and oxygen atoms in total. The van der Waals surface area contributed by atoms with E-state index in [1.807, 2.05) is 0 Å². The number of nitrogens with one attached hydrogen (secondary N) is 1. The van der Waals surface area contributed by atoms with Crippen molar-refractivity contribution in [1.82, 2.24) is 4.72 Å². The molecule has 0 saturated heterocycles. The third-order valence-corrected chi connectivity index (χ3v) is 4.16. The van der Waals surface area contributed by atoms with E-state index in [-0.39, 0.29) is 34.4 Å². The van der Waals surface area contributed by atoms with Gasteiger partial charge in [0.05, 0.1) is 9.37 Å². The van der Waals surface area contributed by atoms with Crippen LogP contribution in [0.25, 0.3) is 0 Å². The van der Waals surface area contributed by atoms with E-state index in [4.69, 9.17) is 5.73 Å². The van der Waals surface area contributed by atoms with Crippen molar-refractivity contribution in [3.63, 3.8) is 0 Å². The van der Waals surface area contributed by atoms with Crippen molar-refractivity contribution in [3.05, 3.63) is 28.5 Å². The van der Waals surface area contributed by atoms with Gasteiger partial charge in [-0.15, -0.1) is 12.4 Å². The van der Waals surface area contributed by atoms with E-state index in [0.717, 1.165) is 6.07 Å². The van der Waals surface area contributed by atoms with Gasteiger partial charge in [0.15, 0.2) is 0 Å². The molecule has 0 spiro atoms. The summed E-state index contributed by atoms with van der Waals surface area (Å²) in [6.07, 6.45) is 0.543. The van der Waals surface area contributed by atoms with Crippen molar-refractivity contribution in [2.24, 2.45) is 5.73 Å². The molecule has 8 heteroatoms. The summed E-state index contributed by atoms with van der Waals surface area (Å²) in [7, 11) is -3.60. The first-order valence-corrected chi connectivity index (χ1v) is 7.31. The molecular weight excluding hydrogens is 347 g/mol. The minimum Gasteiger partial charge on any atom is -0.328 e. The maximum absolute atomic E-state index is 13.0. The summed E-state index contributed by atoms with van der Waals surface area (Å²) in [4.78, 5) is 0.0236. The first-order chi connectivity index (χ1) is 7.83. The summed E-state index contributed by atoms with van der Waals surface area (Å²) in [5.41, 5.74) is 5.51. The van der Waals surface area contributed by atoms with E-state index in [9.17, 15) is 12.8 Å². The zero-order valence-corrected chi connectivity index (χ0v) is 12.9. The molecule has 0 amide bonds. The number of hydrogen-bond donors (Lipinski definition) is 2. The summed E-state index contributed by atoms with van der Waals surface area (Å²) < 4.78 is 39.1. The number of halogens is 3. The lowest BCUT2D eigenvalue weighted by molar-refractivity contribution is 0.571. The molecule has 0 bridgehead atoms. The quantitative estimate of drug-likeness (QED) is 0.843. The Bertz CT molecular complexity index is 497. The summed E-state index contributed by atoms with van der Waals surface area (Å²) in [5, 5.41) is 0. The van der Waals surface area contributed by atoms with Gasteiger partial charge in [0.25, 0.3) is 0 Å². The van der Waals surface area contributed by atoms with Crippen molar-refractivity contribution in [3.8, 4) is 0 Å². The second kappa shape index (κ2) is 7.40. The van der Waals surface area contributed by atoms with Crippen LogP contribution in [-0.4, -0.2) is 21.0 Å². The first kappa shape index (κ1) is 17.8. The highest BCUT2D eigenvalue weighted by molar-refractivity contribution is 9.10. The maximum atomic E-state index is 13.0. The Kier molecular flexibility index (Phi) is 7.31. The second-order valence-corrected chi connectivity index (χ2v) is 6.36. The maximum Gasteiger partial charge on any atom is 0.240 e. The van der Waals surface area contributed by atoms with Gasteiger partial charge in [-0.05, 0) is 47.5 Å². The van der Waals surface area contributed by atoms with Gasteiger partial charge >= 0.3 is 0 Å². The average molecular weight is 362 g/mol. The van der Waals surface area contributed by atoms with Crippen LogP contribution < -0.4 is 10.5 Å². The molecule has 1 atom stereocenters. The van der Waals surface area contributed by atoms with Crippen molar-refractivity contribution in [2.75, 3.05) is 6.54 Å². The summed E-state index contributed by atoms with van der Waals surface area (Å²) in [5.74, 6) is -0.500. The SMILES string of the molecule is CC(N)CCNS(=O)(=O)c1ccc(F)c(Br)c1.Cl. The monoisotopic (exact) mass is 360 g/mol. The summed E-state index contributed by atoms with van der Waals surface area (Å²) in [6.45, 7) is 2.05. The molecule has 1 aromatic rings. The number of benzene rings is 1. The zero-order chi connectivity index (χ0) is 13.1. The molecule has 18 heavy (non-hydrogen) atoms. The van der Waals surface area contributed by atoms with E-state index < -0.39 is 15.8 Å². The fraction of sp³-hybridized carbons (Fsp3) is 0.400. The third kappa shape index (κ3) is 5.19. The predicted octanol–water partition coefficient (Wildman–Crippen LogP) is 2.03. The molecule has 0 aliphatic heterocycles. The van der Waals surface area contributed by atoms with Crippen LogP contribution in [0.3, 0.4) is 0 Å². The lowest BCUT2D eigenvalue weighted by atomic mass is 10.3. The number of rotatable bonds is 5. The predicted molar refractivity (Wildman–Crippen MR) is 74.8 cm³/mol. The molecule has 0 heterocycles. The van der Waals surface area contributed by atoms with Crippen molar-refractivity contribution < 1.29 is 12.8 Å². The standard InChI is InChI=1S/C10H14BrFN2O2S.ClH/c1-7(13)4-5-14-17(15,16)8-2-3-10(12)9(11)6-8;/h2-3,6-7,14H,4-5,13H2,1H3;1H. The first-order valence-electron chi connectivity index (χ1n) is 5.03. The Hall–Kier alpha value is -0.210. The third-order valence-electron chi connectivity index (χ3n) is 2.09. The van der Waals surface area contributed by atoms with Gasteiger partial charge in [0, 0.05) is 12.6 Å². The highest BCUT2D eigenvalue weighted by Gasteiger charge is 2.15. The highest BCUT2D eigenvalue weighted by Crippen LogP contribution is 2.19. The van der Waals surface area contributed by atoms with Crippen LogP contribution in [0.1, 0.15) is 13.3 Å².